The van der Waals surface area contributed by atoms with Crippen LogP contribution in [0.4, 0.5) is 0 Å². The molecule has 2 aliphatic carbocycles. The van der Waals surface area contributed by atoms with Gasteiger partial charge in [-0.25, -0.2) is 5.53 Å². The van der Waals surface area contributed by atoms with Crippen LogP contribution in [-0.2, 0) is 4.74 Å². The summed E-state index contributed by atoms with van der Waals surface area (Å²) < 4.78 is 6.04. The minimum Gasteiger partial charge on any atom is -0.363 e. The molecular weight excluding hydrogens is 212 g/mol. The first-order valence-electron chi connectivity index (χ1n) is 7.01. The number of hydrogen-bond donors (Lipinski definition) is 1. The second-order valence-electron chi connectivity index (χ2n) is 6.84. The molecule has 3 fully saturated rings. The van der Waals surface area contributed by atoms with Crippen LogP contribution in [0.2, 0.25) is 0 Å². The van der Waals surface area contributed by atoms with Crippen molar-refractivity contribution in [3.05, 3.63) is 0 Å². The molecule has 3 rings (SSSR count). The molecule has 0 aromatic heterocycles. The van der Waals surface area contributed by atoms with E-state index in [9.17, 15) is 0 Å². The molecule has 3 aliphatic rings. The predicted molar refractivity (Wildman–Crippen MR) is 66.0 cm³/mol. The summed E-state index contributed by atoms with van der Waals surface area (Å²) in [6.07, 6.45) is 4.13. The Kier molecular flexibility index (Phi) is 2.27. The first-order chi connectivity index (χ1) is 7.97. The van der Waals surface area contributed by atoms with Crippen LogP contribution in [0, 0.1) is 28.7 Å². The Morgan fingerprint density at radius 3 is 2.76 bits per heavy atom. The van der Waals surface area contributed by atoms with E-state index in [0.717, 1.165) is 17.8 Å². The van der Waals surface area contributed by atoms with Gasteiger partial charge in [-0.3, -0.25) is 0 Å². The summed E-state index contributed by atoms with van der Waals surface area (Å²) in [5, 5.41) is 3.79. The second kappa shape index (κ2) is 3.31. The van der Waals surface area contributed by atoms with Crippen molar-refractivity contribution in [3.63, 3.8) is 0 Å². The maximum Gasteiger partial charge on any atom is 0.124 e. The summed E-state index contributed by atoms with van der Waals surface area (Å²) in [4.78, 5) is 0. The number of hydrogen-bond acceptors (Lipinski definition) is 3. The molecule has 1 heterocycles. The molecule has 7 atom stereocenters. The molecule has 0 spiro atoms. The molecule has 0 radical (unpaired) electrons. The highest BCUT2D eigenvalue weighted by Crippen LogP contribution is 2.71. The second-order valence-corrected chi connectivity index (χ2v) is 6.84. The van der Waals surface area contributed by atoms with Crippen LogP contribution in [0.15, 0.2) is 5.11 Å². The van der Waals surface area contributed by atoms with Gasteiger partial charge >= 0.3 is 0 Å². The average Bonchev–Trinajstić information content (AvgIpc) is 2.99. The van der Waals surface area contributed by atoms with Crippen molar-refractivity contribution in [1.82, 2.24) is 0 Å². The molecule has 1 N–H and O–H groups in total. The fourth-order valence-electron chi connectivity index (χ4n) is 5.01. The van der Waals surface area contributed by atoms with Crippen LogP contribution >= 0.6 is 0 Å². The first kappa shape index (κ1) is 11.6. The Bertz CT molecular complexity index is 358. The average molecular weight is 236 g/mol. The molecule has 0 aromatic rings. The Morgan fingerprint density at radius 1 is 1.41 bits per heavy atom. The summed E-state index contributed by atoms with van der Waals surface area (Å²) in [5.74, 6) is 2.40. The van der Waals surface area contributed by atoms with Crippen molar-refractivity contribution < 1.29 is 4.74 Å². The van der Waals surface area contributed by atoms with Crippen molar-refractivity contribution in [3.8, 4) is 0 Å². The van der Waals surface area contributed by atoms with Crippen molar-refractivity contribution in [1.29, 1.82) is 5.53 Å². The first-order valence-corrected chi connectivity index (χ1v) is 7.01. The molecule has 7 unspecified atom stereocenters. The third-order valence-corrected chi connectivity index (χ3v) is 6.40. The molecule has 17 heavy (non-hydrogen) atoms. The molecule has 0 bridgehead atoms. The number of nitrogens with zero attached hydrogens (tertiary/aromatic N) is 1. The standard InChI is InChI=1S/C14H24N2O/c1-8-5-6-13(4)11(9(8)2)7-12-14(13,17-12)10(3)16-15/h8-12,15H,5-7H2,1-4H3. The van der Waals surface area contributed by atoms with Gasteiger partial charge in [0.25, 0.3) is 0 Å². The van der Waals surface area contributed by atoms with E-state index in [0.29, 0.717) is 6.10 Å². The number of nitrogens with one attached hydrogen (secondary N) is 1. The Balaban J connectivity index is 1.96. The molecule has 96 valence electrons. The summed E-state index contributed by atoms with van der Waals surface area (Å²) >= 11 is 0. The largest absolute Gasteiger partial charge is 0.363 e. The number of ether oxygens (including phenoxy) is 1. The number of fused-ring (bicyclic) bond motifs is 3. The SMILES string of the molecule is CC1CCC2(C)C(CC3OC32C(C)N=N)C1C. The Morgan fingerprint density at radius 2 is 2.12 bits per heavy atom. The molecule has 3 nitrogen and oxygen atoms in total. The molecule has 0 amide bonds. The van der Waals surface area contributed by atoms with E-state index in [4.69, 9.17) is 10.3 Å². The summed E-state index contributed by atoms with van der Waals surface area (Å²) in [6.45, 7) is 9.26. The lowest BCUT2D eigenvalue weighted by Crippen LogP contribution is -2.49. The minimum absolute atomic E-state index is 0.0307. The lowest BCUT2D eigenvalue weighted by Gasteiger charge is -2.48. The third kappa shape index (κ3) is 1.16. The van der Waals surface area contributed by atoms with Gasteiger partial charge in [0.2, 0.25) is 0 Å². The maximum absolute atomic E-state index is 7.35. The molecule has 2 saturated carbocycles. The molecule has 3 heteroatoms. The number of epoxide rings is 1. The van der Waals surface area contributed by atoms with Crippen LogP contribution in [0.3, 0.4) is 0 Å². The van der Waals surface area contributed by atoms with Crippen LogP contribution < -0.4 is 0 Å². The van der Waals surface area contributed by atoms with Crippen LogP contribution in [0.5, 0.6) is 0 Å². The smallest absolute Gasteiger partial charge is 0.124 e. The van der Waals surface area contributed by atoms with E-state index in [1.807, 2.05) is 0 Å². The molecule has 1 saturated heterocycles. The quantitative estimate of drug-likeness (QED) is 0.577. The number of rotatable bonds is 2. The fraction of sp³-hybridized carbons (Fsp3) is 1.00. The van der Waals surface area contributed by atoms with E-state index < -0.39 is 0 Å². The van der Waals surface area contributed by atoms with Gasteiger partial charge in [-0.15, -0.1) is 0 Å². The van der Waals surface area contributed by atoms with Crippen molar-refractivity contribution in [2.45, 2.75) is 64.7 Å². The van der Waals surface area contributed by atoms with Crippen molar-refractivity contribution in [2.24, 2.45) is 28.3 Å². The van der Waals surface area contributed by atoms with Gasteiger partial charge in [0, 0.05) is 5.41 Å². The molecular formula is C14H24N2O. The van der Waals surface area contributed by atoms with Crippen LogP contribution in [0.25, 0.3) is 0 Å². The van der Waals surface area contributed by atoms with Gasteiger partial charge in [-0.05, 0) is 43.9 Å². The molecule has 1 aliphatic heterocycles. The van der Waals surface area contributed by atoms with Crippen molar-refractivity contribution >= 4 is 0 Å². The van der Waals surface area contributed by atoms with E-state index >= 15 is 0 Å². The summed E-state index contributed by atoms with van der Waals surface area (Å²) in [7, 11) is 0. The van der Waals surface area contributed by atoms with Gasteiger partial charge in [0.05, 0.1) is 12.1 Å². The van der Waals surface area contributed by atoms with Gasteiger partial charge in [-0.1, -0.05) is 20.8 Å². The van der Waals surface area contributed by atoms with E-state index in [2.05, 4.69) is 32.8 Å². The predicted octanol–water partition coefficient (Wildman–Crippen LogP) is 3.64. The summed E-state index contributed by atoms with van der Waals surface area (Å²) in [6, 6.07) is 0.0307. The minimum atomic E-state index is -0.0895. The fourth-order valence-corrected chi connectivity index (χ4v) is 5.01. The highest BCUT2D eigenvalue weighted by Gasteiger charge is 2.77. The molecule has 0 aromatic carbocycles. The zero-order chi connectivity index (χ0) is 12.4. The Hall–Kier alpha value is -0.440. The monoisotopic (exact) mass is 236 g/mol. The third-order valence-electron chi connectivity index (χ3n) is 6.40. The Labute approximate surface area is 104 Å². The zero-order valence-corrected chi connectivity index (χ0v) is 11.4. The highest BCUT2D eigenvalue weighted by atomic mass is 16.6. The van der Waals surface area contributed by atoms with Gasteiger partial charge in [0.1, 0.15) is 5.60 Å². The van der Waals surface area contributed by atoms with Gasteiger partial charge < -0.3 is 4.74 Å². The highest BCUT2D eigenvalue weighted by molar-refractivity contribution is 5.26. The lowest BCUT2D eigenvalue weighted by molar-refractivity contribution is -0.0425. The van der Waals surface area contributed by atoms with E-state index in [1.165, 1.54) is 19.3 Å². The maximum atomic E-state index is 7.35. The van der Waals surface area contributed by atoms with Gasteiger partial charge in [-0.2, -0.15) is 5.11 Å². The summed E-state index contributed by atoms with van der Waals surface area (Å²) in [5.41, 5.74) is 7.52. The topological polar surface area (TPSA) is 48.7 Å². The lowest BCUT2D eigenvalue weighted by atomic mass is 9.57. The van der Waals surface area contributed by atoms with Crippen LogP contribution in [0.1, 0.15) is 47.0 Å². The van der Waals surface area contributed by atoms with E-state index in [-0.39, 0.29) is 17.1 Å². The van der Waals surface area contributed by atoms with Crippen LogP contribution in [-0.4, -0.2) is 17.7 Å². The van der Waals surface area contributed by atoms with Gasteiger partial charge in [0.15, 0.2) is 0 Å². The van der Waals surface area contributed by atoms with E-state index in [1.54, 1.807) is 0 Å². The van der Waals surface area contributed by atoms with Crippen molar-refractivity contribution in [2.75, 3.05) is 0 Å². The zero-order valence-electron chi connectivity index (χ0n) is 11.4. The normalized spacial score (nSPS) is 58.1.